The van der Waals surface area contributed by atoms with Gasteiger partial charge in [0.2, 0.25) is 0 Å². The summed E-state index contributed by atoms with van der Waals surface area (Å²) in [5.41, 5.74) is 1.67. The van der Waals surface area contributed by atoms with Crippen molar-refractivity contribution in [2.24, 2.45) is 0 Å². The number of nitrogens with zero attached hydrogens (tertiary/aromatic N) is 1. The molecule has 0 saturated carbocycles. The van der Waals surface area contributed by atoms with Crippen LogP contribution in [0.1, 0.15) is 15.2 Å². The Bertz CT molecular complexity index is 1040. The van der Waals surface area contributed by atoms with Crippen molar-refractivity contribution in [1.29, 1.82) is 0 Å². The summed E-state index contributed by atoms with van der Waals surface area (Å²) in [6.07, 6.45) is 0. The Morgan fingerprint density at radius 2 is 1.67 bits per heavy atom. The Balaban J connectivity index is 1.98. The van der Waals surface area contributed by atoms with Crippen LogP contribution < -0.4 is 4.31 Å². The van der Waals surface area contributed by atoms with Crippen LogP contribution in [0.2, 0.25) is 0 Å². The number of hydrogen-bond donors (Lipinski definition) is 0. The average Bonchev–Trinajstić information content (AvgIpc) is 3.21. The van der Waals surface area contributed by atoms with Gasteiger partial charge in [-0.1, -0.05) is 48.5 Å². The molecule has 3 aromatic rings. The standard InChI is InChI=1S/C21H19NO3S2/c1-16-10-12-19(13-11-16)27(24,25)22(18-7-4-3-5-8-18)15-17(2)21(23)20-9-6-14-26-20/h3-14H,2,15H2,1H3. The van der Waals surface area contributed by atoms with Crippen LogP contribution in [0.4, 0.5) is 5.69 Å². The lowest BCUT2D eigenvalue weighted by atomic mass is 10.1. The molecule has 138 valence electrons. The largest absolute Gasteiger partial charge is 0.288 e. The number of carbonyl (C=O) groups excluding carboxylic acids is 1. The second-order valence-electron chi connectivity index (χ2n) is 6.07. The van der Waals surface area contributed by atoms with Crippen LogP contribution in [0.5, 0.6) is 0 Å². The summed E-state index contributed by atoms with van der Waals surface area (Å²) >= 11 is 1.31. The van der Waals surface area contributed by atoms with E-state index in [-0.39, 0.29) is 22.8 Å². The molecule has 3 rings (SSSR count). The minimum atomic E-state index is -3.84. The third kappa shape index (κ3) is 4.18. The molecule has 27 heavy (non-hydrogen) atoms. The van der Waals surface area contributed by atoms with E-state index >= 15 is 0 Å². The molecule has 0 aliphatic heterocycles. The topological polar surface area (TPSA) is 54.5 Å². The normalized spacial score (nSPS) is 11.1. The number of thiophene rings is 1. The van der Waals surface area contributed by atoms with Gasteiger partial charge in [0.15, 0.2) is 5.78 Å². The van der Waals surface area contributed by atoms with Crippen molar-refractivity contribution < 1.29 is 13.2 Å². The minimum Gasteiger partial charge on any atom is -0.288 e. The molecular formula is C21H19NO3S2. The van der Waals surface area contributed by atoms with E-state index in [4.69, 9.17) is 0 Å². The number of ketones is 1. The monoisotopic (exact) mass is 397 g/mol. The maximum atomic E-state index is 13.3. The number of aryl methyl sites for hydroxylation is 1. The van der Waals surface area contributed by atoms with Gasteiger partial charge in [-0.2, -0.15) is 0 Å². The Hall–Kier alpha value is -2.70. The highest BCUT2D eigenvalue weighted by molar-refractivity contribution is 7.92. The van der Waals surface area contributed by atoms with E-state index in [1.807, 2.05) is 13.0 Å². The third-order valence-electron chi connectivity index (χ3n) is 4.05. The number of para-hydroxylation sites is 1. The number of rotatable bonds is 7. The predicted molar refractivity (Wildman–Crippen MR) is 110 cm³/mol. The molecule has 0 atom stereocenters. The van der Waals surface area contributed by atoms with Gasteiger partial charge in [-0.05, 0) is 42.6 Å². The maximum Gasteiger partial charge on any atom is 0.264 e. The van der Waals surface area contributed by atoms with Crippen LogP contribution in [-0.2, 0) is 10.0 Å². The Kier molecular flexibility index (Phi) is 5.58. The zero-order chi connectivity index (χ0) is 19.4. The molecule has 0 amide bonds. The van der Waals surface area contributed by atoms with Gasteiger partial charge in [0.1, 0.15) is 0 Å². The molecule has 4 nitrogen and oxygen atoms in total. The lowest BCUT2D eigenvalue weighted by molar-refractivity contribution is 0.103. The highest BCUT2D eigenvalue weighted by Gasteiger charge is 2.27. The fraction of sp³-hybridized carbons (Fsp3) is 0.0952. The lowest BCUT2D eigenvalue weighted by Gasteiger charge is -2.25. The van der Waals surface area contributed by atoms with Crippen molar-refractivity contribution in [1.82, 2.24) is 0 Å². The van der Waals surface area contributed by atoms with Crippen molar-refractivity contribution >= 4 is 32.8 Å². The fourth-order valence-corrected chi connectivity index (χ4v) is 4.75. The van der Waals surface area contributed by atoms with Gasteiger partial charge in [-0.25, -0.2) is 8.42 Å². The first-order chi connectivity index (χ1) is 12.9. The molecule has 0 aliphatic rings. The zero-order valence-electron chi connectivity index (χ0n) is 14.8. The molecule has 6 heteroatoms. The number of sulfonamides is 1. The average molecular weight is 398 g/mol. The summed E-state index contributed by atoms with van der Waals surface area (Å²) in [5.74, 6) is -0.245. The number of anilines is 1. The molecular weight excluding hydrogens is 378 g/mol. The first kappa shape index (κ1) is 19.1. The van der Waals surface area contributed by atoms with Gasteiger partial charge in [0.05, 0.1) is 22.0 Å². The molecule has 2 aromatic carbocycles. The van der Waals surface area contributed by atoms with Crippen LogP contribution in [0, 0.1) is 6.92 Å². The van der Waals surface area contributed by atoms with Crippen molar-refractivity contribution in [3.8, 4) is 0 Å². The van der Waals surface area contributed by atoms with E-state index < -0.39 is 10.0 Å². The van der Waals surface area contributed by atoms with Gasteiger partial charge < -0.3 is 0 Å². The summed E-state index contributed by atoms with van der Waals surface area (Å²) in [7, 11) is -3.84. The van der Waals surface area contributed by atoms with Crippen molar-refractivity contribution in [3.05, 3.63) is 94.7 Å². The maximum absolute atomic E-state index is 13.3. The molecule has 0 bridgehead atoms. The molecule has 1 heterocycles. The van der Waals surface area contributed by atoms with Crippen molar-refractivity contribution in [2.45, 2.75) is 11.8 Å². The SMILES string of the molecule is C=C(CN(c1ccccc1)S(=O)(=O)c1ccc(C)cc1)C(=O)c1cccs1. The summed E-state index contributed by atoms with van der Waals surface area (Å²) in [6, 6.07) is 18.9. The zero-order valence-corrected chi connectivity index (χ0v) is 16.5. The van der Waals surface area contributed by atoms with Crippen molar-refractivity contribution in [3.63, 3.8) is 0 Å². The van der Waals surface area contributed by atoms with E-state index in [9.17, 15) is 13.2 Å². The molecule has 0 spiro atoms. The van der Waals surface area contributed by atoms with E-state index in [2.05, 4.69) is 6.58 Å². The van der Waals surface area contributed by atoms with Crippen LogP contribution in [-0.4, -0.2) is 20.7 Å². The Morgan fingerprint density at radius 1 is 1.00 bits per heavy atom. The number of Topliss-reactive ketones (excluding diaryl/α,β-unsaturated/α-hetero) is 1. The quantitative estimate of drug-likeness (QED) is 0.429. The van der Waals surface area contributed by atoms with E-state index in [0.29, 0.717) is 10.6 Å². The summed E-state index contributed by atoms with van der Waals surface area (Å²) in [4.78, 5) is 13.3. The molecule has 0 radical (unpaired) electrons. The van der Waals surface area contributed by atoms with E-state index in [1.54, 1.807) is 66.0 Å². The second-order valence-corrected chi connectivity index (χ2v) is 8.88. The molecule has 0 aliphatic carbocycles. The smallest absolute Gasteiger partial charge is 0.264 e. The van der Waals surface area contributed by atoms with Crippen LogP contribution >= 0.6 is 11.3 Å². The van der Waals surface area contributed by atoms with E-state index in [0.717, 1.165) is 5.56 Å². The second kappa shape index (κ2) is 7.90. The van der Waals surface area contributed by atoms with Crippen LogP contribution in [0.3, 0.4) is 0 Å². The van der Waals surface area contributed by atoms with Gasteiger partial charge in [0.25, 0.3) is 10.0 Å². The summed E-state index contributed by atoms with van der Waals surface area (Å²) in [5, 5.41) is 1.80. The number of carbonyl (C=O) groups is 1. The minimum absolute atomic E-state index is 0.114. The van der Waals surface area contributed by atoms with E-state index in [1.165, 1.54) is 15.6 Å². The first-order valence-corrected chi connectivity index (χ1v) is 10.6. The predicted octanol–water partition coefficient (Wildman–Crippen LogP) is 4.69. The molecule has 0 unspecified atom stereocenters. The molecule has 1 aromatic heterocycles. The highest BCUT2D eigenvalue weighted by Crippen LogP contribution is 2.26. The lowest BCUT2D eigenvalue weighted by Crippen LogP contribution is -2.34. The molecule has 0 N–H and O–H groups in total. The molecule has 0 saturated heterocycles. The van der Waals surface area contributed by atoms with Crippen LogP contribution in [0.25, 0.3) is 0 Å². The highest BCUT2D eigenvalue weighted by atomic mass is 32.2. The van der Waals surface area contributed by atoms with Gasteiger partial charge in [-0.15, -0.1) is 11.3 Å². The fourth-order valence-electron chi connectivity index (χ4n) is 2.57. The summed E-state index contributed by atoms with van der Waals surface area (Å²) < 4.78 is 27.8. The van der Waals surface area contributed by atoms with Gasteiger partial charge >= 0.3 is 0 Å². The summed E-state index contributed by atoms with van der Waals surface area (Å²) in [6.45, 7) is 5.63. The van der Waals surface area contributed by atoms with Gasteiger partial charge in [-0.3, -0.25) is 9.10 Å². The Morgan fingerprint density at radius 3 is 2.26 bits per heavy atom. The first-order valence-electron chi connectivity index (χ1n) is 8.30. The molecule has 0 fully saturated rings. The van der Waals surface area contributed by atoms with Gasteiger partial charge in [0, 0.05) is 5.57 Å². The number of hydrogen-bond acceptors (Lipinski definition) is 4. The third-order valence-corrected chi connectivity index (χ3v) is 6.71. The Labute approximate surface area is 163 Å². The van der Waals surface area contributed by atoms with Crippen LogP contribution in [0.15, 0.2) is 89.2 Å². The van der Waals surface area contributed by atoms with Crippen molar-refractivity contribution in [2.75, 3.05) is 10.8 Å². The number of benzene rings is 2.